The Morgan fingerprint density at radius 3 is 2.86 bits per heavy atom. The van der Waals surface area contributed by atoms with Crippen molar-refractivity contribution in [3.8, 4) is 0 Å². The Kier molecular flexibility index (Phi) is 4.84. The lowest BCUT2D eigenvalue weighted by Gasteiger charge is -2.21. The number of amides is 1. The van der Waals surface area contributed by atoms with E-state index in [1.54, 1.807) is 23.2 Å². The highest BCUT2D eigenvalue weighted by atomic mass is 16.2. The lowest BCUT2D eigenvalue weighted by atomic mass is 10.2. The summed E-state index contributed by atoms with van der Waals surface area (Å²) in [5.74, 6) is 5.71. The van der Waals surface area contributed by atoms with Crippen LogP contribution < -0.4 is 11.3 Å². The number of nitrogens with two attached hydrogens (primary N) is 1. The van der Waals surface area contributed by atoms with Gasteiger partial charge < -0.3 is 10.3 Å². The third-order valence-electron chi connectivity index (χ3n) is 3.12. The predicted octanol–water partition coefficient (Wildman–Crippen LogP) is 1.73. The normalized spacial score (nSPS) is 10.2. The van der Waals surface area contributed by atoms with Gasteiger partial charge in [0.1, 0.15) is 5.82 Å². The molecule has 0 aliphatic carbocycles. The second-order valence-electron chi connectivity index (χ2n) is 4.66. The first-order chi connectivity index (χ1) is 10.1. The number of anilines is 1. The maximum Gasteiger partial charge on any atom is 0.254 e. The van der Waals surface area contributed by atoms with Gasteiger partial charge in [0.25, 0.3) is 5.91 Å². The summed E-state index contributed by atoms with van der Waals surface area (Å²) in [4.78, 5) is 22.7. The average Bonchev–Trinajstić information content (AvgIpc) is 2.52. The molecule has 0 saturated carbocycles. The zero-order chi connectivity index (χ0) is 15.2. The van der Waals surface area contributed by atoms with Crippen LogP contribution in [0.2, 0.25) is 0 Å². The lowest BCUT2D eigenvalue weighted by Crippen LogP contribution is -2.30. The van der Waals surface area contributed by atoms with E-state index in [0.29, 0.717) is 24.5 Å². The fourth-order valence-electron chi connectivity index (χ4n) is 2.04. The minimum Gasteiger partial charge on any atom is -0.333 e. The Morgan fingerprint density at radius 2 is 2.19 bits per heavy atom. The summed E-state index contributed by atoms with van der Waals surface area (Å²) in [6.45, 7) is 4.95. The minimum absolute atomic E-state index is 0.0697. The van der Waals surface area contributed by atoms with E-state index in [1.807, 2.05) is 32.0 Å². The van der Waals surface area contributed by atoms with Crippen LogP contribution in [0.1, 0.15) is 28.7 Å². The summed E-state index contributed by atoms with van der Waals surface area (Å²) in [7, 11) is 0. The molecule has 6 heteroatoms. The predicted molar refractivity (Wildman–Crippen MR) is 81.4 cm³/mol. The molecule has 6 nitrogen and oxygen atoms in total. The lowest BCUT2D eigenvalue weighted by molar-refractivity contribution is 0.0750. The van der Waals surface area contributed by atoms with Gasteiger partial charge in [0.15, 0.2) is 0 Å². The van der Waals surface area contributed by atoms with Gasteiger partial charge in [-0.05, 0) is 38.1 Å². The molecular formula is C15H19N5O. The number of hydrazine groups is 1. The quantitative estimate of drug-likeness (QED) is 0.645. The van der Waals surface area contributed by atoms with E-state index >= 15 is 0 Å². The number of nitrogens with one attached hydrogen (secondary N) is 1. The maximum absolute atomic E-state index is 12.5. The first-order valence-corrected chi connectivity index (χ1v) is 6.78. The Hall–Kier alpha value is -2.47. The van der Waals surface area contributed by atoms with Crippen molar-refractivity contribution >= 4 is 11.7 Å². The van der Waals surface area contributed by atoms with E-state index < -0.39 is 0 Å². The molecule has 21 heavy (non-hydrogen) atoms. The van der Waals surface area contributed by atoms with Gasteiger partial charge in [-0.2, -0.15) is 0 Å². The van der Waals surface area contributed by atoms with Gasteiger partial charge in [-0.25, -0.2) is 10.8 Å². The van der Waals surface area contributed by atoms with Crippen molar-refractivity contribution in [3.05, 3.63) is 53.5 Å². The molecule has 0 atom stereocenters. The van der Waals surface area contributed by atoms with Gasteiger partial charge in [0.2, 0.25) is 0 Å². The van der Waals surface area contributed by atoms with Gasteiger partial charge in [0, 0.05) is 24.0 Å². The third kappa shape index (κ3) is 3.76. The molecule has 0 aliphatic rings. The number of hydrogen-bond donors (Lipinski definition) is 2. The molecule has 110 valence electrons. The number of rotatable bonds is 5. The van der Waals surface area contributed by atoms with Crippen LogP contribution >= 0.6 is 0 Å². The van der Waals surface area contributed by atoms with Crippen LogP contribution in [0.25, 0.3) is 0 Å². The summed E-state index contributed by atoms with van der Waals surface area (Å²) in [6.07, 6.45) is 1.56. The first-order valence-electron chi connectivity index (χ1n) is 6.78. The number of pyridine rings is 2. The topological polar surface area (TPSA) is 84.1 Å². The van der Waals surface area contributed by atoms with Crippen LogP contribution in [0.3, 0.4) is 0 Å². The van der Waals surface area contributed by atoms with Gasteiger partial charge >= 0.3 is 0 Å². The fraction of sp³-hybridized carbons (Fsp3) is 0.267. The van der Waals surface area contributed by atoms with Crippen molar-refractivity contribution in [1.29, 1.82) is 0 Å². The van der Waals surface area contributed by atoms with Crippen LogP contribution in [0, 0.1) is 6.92 Å². The van der Waals surface area contributed by atoms with E-state index in [2.05, 4.69) is 15.4 Å². The number of aryl methyl sites for hydroxylation is 1. The molecule has 0 bridgehead atoms. The molecule has 2 aromatic heterocycles. The minimum atomic E-state index is -0.0697. The molecule has 1 amide bonds. The molecule has 2 heterocycles. The van der Waals surface area contributed by atoms with Crippen LogP contribution in [0.4, 0.5) is 5.82 Å². The number of hydrogen-bond acceptors (Lipinski definition) is 5. The monoisotopic (exact) mass is 285 g/mol. The third-order valence-corrected chi connectivity index (χ3v) is 3.12. The molecular weight excluding hydrogens is 266 g/mol. The first kappa shape index (κ1) is 14.9. The number of carbonyl (C=O) groups excluding carboxylic acids is 1. The highest BCUT2D eigenvalue weighted by molar-refractivity contribution is 5.94. The summed E-state index contributed by atoms with van der Waals surface area (Å²) in [6, 6.07) is 9.11. The molecule has 0 unspecified atom stereocenters. The number of carbonyl (C=O) groups is 1. The SMILES string of the molecule is CCN(Cc1cccc(C)n1)C(=O)c1ccnc(NN)c1. The van der Waals surface area contributed by atoms with Crippen molar-refractivity contribution in [2.75, 3.05) is 12.0 Å². The highest BCUT2D eigenvalue weighted by Crippen LogP contribution is 2.11. The Labute approximate surface area is 124 Å². The summed E-state index contributed by atoms with van der Waals surface area (Å²) in [5.41, 5.74) is 4.80. The second-order valence-corrected chi connectivity index (χ2v) is 4.66. The molecule has 0 spiro atoms. The van der Waals surface area contributed by atoms with Crippen molar-refractivity contribution in [2.45, 2.75) is 20.4 Å². The Bertz CT molecular complexity index is 629. The molecule has 0 radical (unpaired) electrons. The smallest absolute Gasteiger partial charge is 0.254 e. The van der Waals surface area contributed by atoms with Gasteiger partial charge in [-0.15, -0.1) is 0 Å². The van der Waals surface area contributed by atoms with Crippen LogP contribution in [0.15, 0.2) is 36.5 Å². The molecule has 0 saturated heterocycles. The Balaban J connectivity index is 2.18. The van der Waals surface area contributed by atoms with Crippen LogP contribution in [-0.4, -0.2) is 27.3 Å². The van der Waals surface area contributed by atoms with Crippen molar-refractivity contribution in [1.82, 2.24) is 14.9 Å². The van der Waals surface area contributed by atoms with Crippen LogP contribution in [-0.2, 0) is 6.54 Å². The summed E-state index contributed by atoms with van der Waals surface area (Å²) in [5, 5.41) is 0. The van der Waals surface area contributed by atoms with E-state index in [0.717, 1.165) is 11.4 Å². The molecule has 2 aromatic rings. The van der Waals surface area contributed by atoms with E-state index in [4.69, 9.17) is 5.84 Å². The van der Waals surface area contributed by atoms with Gasteiger partial charge in [-0.1, -0.05) is 6.07 Å². The maximum atomic E-state index is 12.5. The number of nitrogens with zero attached hydrogens (tertiary/aromatic N) is 3. The number of nitrogen functional groups attached to an aromatic ring is 1. The molecule has 2 rings (SSSR count). The standard InChI is InChI=1S/C15H19N5O/c1-3-20(10-13-6-4-5-11(2)18-13)15(21)12-7-8-17-14(9-12)19-16/h4-9H,3,10,16H2,1-2H3,(H,17,19). The van der Waals surface area contributed by atoms with E-state index in [1.165, 1.54) is 0 Å². The van der Waals surface area contributed by atoms with Crippen molar-refractivity contribution < 1.29 is 4.79 Å². The largest absolute Gasteiger partial charge is 0.333 e. The average molecular weight is 285 g/mol. The van der Waals surface area contributed by atoms with Crippen molar-refractivity contribution in [3.63, 3.8) is 0 Å². The zero-order valence-electron chi connectivity index (χ0n) is 12.2. The number of aromatic nitrogens is 2. The highest BCUT2D eigenvalue weighted by Gasteiger charge is 2.15. The van der Waals surface area contributed by atoms with Gasteiger partial charge in [-0.3, -0.25) is 9.78 Å². The molecule has 0 aromatic carbocycles. The molecule has 0 fully saturated rings. The van der Waals surface area contributed by atoms with E-state index in [-0.39, 0.29) is 5.91 Å². The molecule has 3 N–H and O–H groups in total. The van der Waals surface area contributed by atoms with Crippen LogP contribution in [0.5, 0.6) is 0 Å². The van der Waals surface area contributed by atoms with Gasteiger partial charge in [0.05, 0.1) is 12.2 Å². The summed E-state index contributed by atoms with van der Waals surface area (Å²) >= 11 is 0. The van der Waals surface area contributed by atoms with Crippen molar-refractivity contribution in [2.24, 2.45) is 5.84 Å². The zero-order valence-corrected chi connectivity index (χ0v) is 12.2. The Morgan fingerprint density at radius 1 is 1.38 bits per heavy atom. The fourth-order valence-corrected chi connectivity index (χ4v) is 2.04. The summed E-state index contributed by atoms with van der Waals surface area (Å²) < 4.78 is 0. The molecule has 0 aliphatic heterocycles. The second kappa shape index (κ2) is 6.81. The van der Waals surface area contributed by atoms with E-state index in [9.17, 15) is 4.79 Å².